The molecule has 3 rings (SSSR count). The summed E-state index contributed by atoms with van der Waals surface area (Å²) in [7, 11) is 0. The smallest absolute Gasteiger partial charge is 0.152 e. The van der Waals surface area contributed by atoms with Gasteiger partial charge in [-0.05, 0) is 25.1 Å². The summed E-state index contributed by atoms with van der Waals surface area (Å²) < 4.78 is 1.83. The molecular formula is C15H12N2O. The molecule has 0 aliphatic carbocycles. The fraction of sp³-hybridized carbons (Fsp3) is 0.0667. The second-order valence-corrected chi connectivity index (χ2v) is 4.19. The van der Waals surface area contributed by atoms with Crippen LogP contribution >= 0.6 is 0 Å². The monoisotopic (exact) mass is 236 g/mol. The highest BCUT2D eigenvalue weighted by Gasteiger charge is 2.11. The number of aromatic nitrogens is 2. The van der Waals surface area contributed by atoms with Crippen molar-refractivity contribution in [3.05, 3.63) is 59.8 Å². The van der Waals surface area contributed by atoms with Gasteiger partial charge in [0.15, 0.2) is 6.29 Å². The van der Waals surface area contributed by atoms with E-state index >= 15 is 0 Å². The summed E-state index contributed by atoms with van der Waals surface area (Å²) in [6.07, 6.45) is 0.878. The maximum absolute atomic E-state index is 11.2. The maximum atomic E-state index is 11.2. The van der Waals surface area contributed by atoms with E-state index in [1.54, 1.807) is 0 Å². The number of benzene rings is 2. The molecule has 0 saturated carbocycles. The highest BCUT2D eigenvalue weighted by Crippen LogP contribution is 2.24. The van der Waals surface area contributed by atoms with Gasteiger partial charge >= 0.3 is 0 Å². The van der Waals surface area contributed by atoms with Gasteiger partial charge in [-0.3, -0.25) is 4.79 Å². The van der Waals surface area contributed by atoms with E-state index in [0.29, 0.717) is 5.56 Å². The first kappa shape index (κ1) is 10.7. The predicted octanol–water partition coefficient (Wildman–Crippen LogP) is 3.15. The first-order valence-electron chi connectivity index (χ1n) is 5.80. The van der Waals surface area contributed by atoms with Crippen molar-refractivity contribution in [2.24, 2.45) is 0 Å². The molecule has 0 aliphatic rings. The molecule has 88 valence electrons. The summed E-state index contributed by atoms with van der Waals surface area (Å²) in [5.74, 6) is 0. The minimum Gasteiger partial charge on any atom is -0.298 e. The third-order valence-electron chi connectivity index (χ3n) is 3.05. The van der Waals surface area contributed by atoms with Crippen LogP contribution in [0.4, 0.5) is 0 Å². The van der Waals surface area contributed by atoms with Crippen LogP contribution in [0.2, 0.25) is 0 Å². The lowest BCUT2D eigenvalue weighted by molar-refractivity contribution is 0.112. The van der Waals surface area contributed by atoms with Gasteiger partial charge in [-0.25, -0.2) is 4.68 Å². The number of rotatable bonds is 2. The number of para-hydroxylation sites is 2. The minimum absolute atomic E-state index is 0.664. The molecule has 1 heterocycles. The molecule has 3 nitrogen and oxygen atoms in total. The van der Waals surface area contributed by atoms with Crippen LogP contribution in [0.5, 0.6) is 0 Å². The third kappa shape index (κ3) is 1.52. The Morgan fingerprint density at radius 1 is 1.06 bits per heavy atom. The molecule has 3 aromatic rings. The Balaban J connectivity index is 2.40. The largest absolute Gasteiger partial charge is 0.298 e. The van der Waals surface area contributed by atoms with Crippen LogP contribution < -0.4 is 0 Å². The standard InChI is InChI=1S/C15H12N2O/c1-11-14-9-5-6-12(10-18)15(14)17(16-11)13-7-3-2-4-8-13/h2-10H,1H3. The van der Waals surface area contributed by atoms with Crippen molar-refractivity contribution >= 4 is 17.2 Å². The quantitative estimate of drug-likeness (QED) is 0.641. The zero-order valence-electron chi connectivity index (χ0n) is 10.00. The van der Waals surface area contributed by atoms with Crippen molar-refractivity contribution in [1.29, 1.82) is 0 Å². The van der Waals surface area contributed by atoms with E-state index < -0.39 is 0 Å². The van der Waals surface area contributed by atoms with E-state index in [2.05, 4.69) is 5.10 Å². The number of hydrogen-bond donors (Lipinski definition) is 0. The first-order valence-corrected chi connectivity index (χ1v) is 5.80. The zero-order chi connectivity index (χ0) is 12.5. The fourth-order valence-corrected chi connectivity index (χ4v) is 2.19. The summed E-state index contributed by atoms with van der Waals surface area (Å²) in [5.41, 5.74) is 3.43. The Kier molecular flexibility index (Phi) is 2.45. The number of aryl methyl sites for hydroxylation is 1. The summed E-state index contributed by atoms with van der Waals surface area (Å²) >= 11 is 0. The molecule has 0 fully saturated rings. The summed E-state index contributed by atoms with van der Waals surface area (Å²) in [6, 6.07) is 15.5. The van der Waals surface area contributed by atoms with Crippen molar-refractivity contribution in [2.75, 3.05) is 0 Å². The topological polar surface area (TPSA) is 34.9 Å². The molecule has 3 heteroatoms. The van der Waals surface area contributed by atoms with Gasteiger partial charge < -0.3 is 0 Å². The average Bonchev–Trinajstić information content (AvgIpc) is 2.77. The number of carbonyl (C=O) groups excluding carboxylic acids is 1. The van der Waals surface area contributed by atoms with Gasteiger partial charge in [0.1, 0.15) is 0 Å². The SMILES string of the molecule is Cc1nn(-c2ccccc2)c2c(C=O)cccc12. The van der Waals surface area contributed by atoms with Crippen LogP contribution in [-0.2, 0) is 0 Å². The van der Waals surface area contributed by atoms with Crippen molar-refractivity contribution in [2.45, 2.75) is 6.92 Å². The number of hydrogen-bond acceptors (Lipinski definition) is 2. The van der Waals surface area contributed by atoms with Crippen molar-refractivity contribution in [1.82, 2.24) is 9.78 Å². The minimum atomic E-state index is 0.664. The van der Waals surface area contributed by atoms with Crippen molar-refractivity contribution in [3.8, 4) is 5.69 Å². The van der Waals surface area contributed by atoms with E-state index in [-0.39, 0.29) is 0 Å². The van der Waals surface area contributed by atoms with Crippen LogP contribution in [0.1, 0.15) is 16.1 Å². The van der Waals surface area contributed by atoms with Gasteiger partial charge in [0, 0.05) is 10.9 Å². The van der Waals surface area contributed by atoms with Gasteiger partial charge in [-0.2, -0.15) is 5.10 Å². The molecule has 0 aliphatic heterocycles. The fourth-order valence-electron chi connectivity index (χ4n) is 2.19. The zero-order valence-corrected chi connectivity index (χ0v) is 10.00. The summed E-state index contributed by atoms with van der Waals surface area (Å²) in [5, 5.41) is 5.54. The Labute approximate surface area is 105 Å². The second-order valence-electron chi connectivity index (χ2n) is 4.19. The van der Waals surface area contributed by atoms with Crippen LogP contribution in [0.15, 0.2) is 48.5 Å². The van der Waals surface area contributed by atoms with Crippen LogP contribution in [0, 0.1) is 6.92 Å². The van der Waals surface area contributed by atoms with Gasteiger partial charge in [-0.1, -0.05) is 30.3 Å². The van der Waals surface area contributed by atoms with Crippen molar-refractivity contribution in [3.63, 3.8) is 0 Å². The Morgan fingerprint density at radius 2 is 1.83 bits per heavy atom. The summed E-state index contributed by atoms with van der Waals surface area (Å²) in [4.78, 5) is 11.2. The van der Waals surface area contributed by atoms with E-state index in [1.165, 1.54) is 0 Å². The molecule has 0 radical (unpaired) electrons. The molecule has 0 saturated heterocycles. The van der Waals surface area contributed by atoms with E-state index in [0.717, 1.165) is 28.6 Å². The van der Waals surface area contributed by atoms with Crippen LogP contribution in [-0.4, -0.2) is 16.1 Å². The van der Waals surface area contributed by atoms with Gasteiger partial charge in [0.2, 0.25) is 0 Å². The highest BCUT2D eigenvalue weighted by molar-refractivity contribution is 5.97. The third-order valence-corrected chi connectivity index (χ3v) is 3.05. The Hall–Kier alpha value is -2.42. The normalized spacial score (nSPS) is 10.7. The lowest BCUT2D eigenvalue weighted by atomic mass is 10.1. The average molecular weight is 236 g/mol. The first-order chi connectivity index (χ1) is 8.81. The number of aldehydes is 1. The van der Waals surface area contributed by atoms with E-state index in [9.17, 15) is 4.79 Å². The lowest BCUT2D eigenvalue weighted by Crippen LogP contribution is -1.98. The Bertz CT molecular complexity index is 714. The molecule has 0 atom stereocenters. The summed E-state index contributed by atoms with van der Waals surface area (Å²) in [6.45, 7) is 1.95. The van der Waals surface area contributed by atoms with Gasteiger partial charge in [-0.15, -0.1) is 0 Å². The molecule has 0 amide bonds. The van der Waals surface area contributed by atoms with Gasteiger partial charge in [0.25, 0.3) is 0 Å². The van der Waals surface area contributed by atoms with Crippen LogP contribution in [0.3, 0.4) is 0 Å². The highest BCUT2D eigenvalue weighted by atomic mass is 16.1. The molecular weight excluding hydrogens is 224 g/mol. The van der Waals surface area contributed by atoms with Crippen molar-refractivity contribution < 1.29 is 4.79 Å². The number of fused-ring (bicyclic) bond motifs is 1. The van der Waals surface area contributed by atoms with E-state index in [4.69, 9.17) is 0 Å². The molecule has 0 N–H and O–H groups in total. The second kappa shape index (κ2) is 4.11. The number of carbonyl (C=O) groups is 1. The molecule has 0 bridgehead atoms. The molecule has 0 spiro atoms. The predicted molar refractivity (Wildman–Crippen MR) is 71.2 cm³/mol. The van der Waals surface area contributed by atoms with Crippen LogP contribution in [0.25, 0.3) is 16.6 Å². The molecule has 18 heavy (non-hydrogen) atoms. The Morgan fingerprint density at radius 3 is 2.56 bits per heavy atom. The maximum Gasteiger partial charge on any atom is 0.152 e. The number of nitrogens with zero attached hydrogens (tertiary/aromatic N) is 2. The molecule has 2 aromatic carbocycles. The molecule has 0 unspecified atom stereocenters. The van der Waals surface area contributed by atoms with Gasteiger partial charge in [0.05, 0.1) is 16.9 Å². The lowest BCUT2D eigenvalue weighted by Gasteiger charge is -2.04. The molecule has 1 aromatic heterocycles. The van der Waals surface area contributed by atoms with E-state index in [1.807, 2.05) is 60.1 Å².